The molecule has 32 heavy (non-hydrogen) atoms. The van der Waals surface area contributed by atoms with E-state index in [0.717, 1.165) is 27.8 Å². The van der Waals surface area contributed by atoms with Crippen LogP contribution in [-0.4, -0.2) is 16.2 Å². The number of aromatic nitrogens is 2. The number of aliphatic imine (C=N–C) groups is 1. The van der Waals surface area contributed by atoms with Crippen LogP contribution < -0.4 is 10.9 Å². The number of para-hydroxylation sites is 1. The number of allylic oxidation sites excluding steroid dienone is 3. The molecule has 4 rings (SSSR count). The molecule has 2 heterocycles. The zero-order valence-electron chi connectivity index (χ0n) is 19.0. The van der Waals surface area contributed by atoms with Gasteiger partial charge < -0.3 is 5.32 Å². The molecule has 0 fully saturated rings. The van der Waals surface area contributed by atoms with Gasteiger partial charge in [0.05, 0.1) is 10.9 Å². The van der Waals surface area contributed by atoms with Crippen molar-refractivity contribution < 1.29 is 0 Å². The Kier molecular flexibility index (Phi) is 5.66. The van der Waals surface area contributed by atoms with Crippen molar-refractivity contribution in [2.45, 2.75) is 33.6 Å². The minimum Gasteiger partial charge on any atom is -0.311 e. The van der Waals surface area contributed by atoms with Gasteiger partial charge in [-0.3, -0.25) is 9.78 Å². The van der Waals surface area contributed by atoms with Crippen LogP contribution in [0.3, 0.4) is 0 Å². The number of fused-ring (bicyclic) bond motifs is 1. The standard InChI is InChI=1S/C27H28N4O/c1-7-15(2)20-11-17(4)24(18(5)12-20)21-9-8-10-22-25(21)30-27(31-26(22)32)29-23-13-16(3)19(6)14-28-23/h7-16H,1,6H2,2-5H3,(H2,29,30,31,32). The zero-order chi connectivity index (χ0) is 23.0. The van der Waals surface area contributed by atoms with E-state index in [1.165, 1.54) is 5.56 Å². The summed E-state index contributed by atoms with van der Waals surface area (Å²) in [5.41, 5.74) is 6.96. The number of nitrogens with one attached hydrogen (secondary N) is 2. The second-order valence-corrected chi connectivity index (χ2v) is 8.47. The van der Waals surface area contributed by atoms with Crippen molar-refractivity contribution in [1.82, 2.24) is 9.97 Å². The van der Waals surface area contributed by atoms with Crippen LogP contribution in [0.15, 0.2) is 76.8 Å². The number of rotatable bonds is 5. The maximum Gasteiger partial charge on any atom is 0.260 e. The van der Waals surface area contributed by atoms with E-state index in [1.54, 1.807) is 12.3 Å². The van der Waals surface area contributed by atoms with Gasteiger partial charge in [-0.1, -0.05) is 50.8 Å². The van der Waals surface area contributed by atoms with Crippen LogP contribution in [0.5, 0.6) is 0 Å². The van der Waals surface area contributed by atoms with E-state index in [2.05, 4.69) is 61.4 Å². The van der Waals surface area contributed by atoms with Crippen LogP contribution in [0, 0.1) is 19.8 Å². The Morgan fingerprint density at radius 3 is 2.59 bits per heavy atom. The van der Waals surface area contributed by atoms with E-state index in [0.29, 0.717) is 22.7 Å². The summed E-state index contributed by atoms with van der Waals surface area (Å²) < 4.78 is 0. The molecule has 162 valence electrons. The smallest absolute Gasteiger partial charge is 0.260 e. The van der Waals surface area contributed by atoms with E-state index in [4.69, 9.17) is 4.98 Å². The zero-order valence-corrected chi connectivity index (χ0v) is 19.0. The van der Waals surface area contributed by atoms with Gasteiger partial charge in [0, 0.05) is 17.7 Å². The number of aryl methyl sites for hydroxylation is 2. The maximum absolute atomic E-state index is 12.9. The molecule has 1 aliphatic rings. The van der Waals surface area contributed by atoms with Gasteiger partial charge in [-0.2, -0.15) is 0 Å². The molecule has 5 heteroatoms. The molecule has 2 unspecified atom stereocenters. The van der Waals surface area contributed by atoms with E-state index < -0.39 is 0 Å². The average Bonchev–Trinajstić information content (AvgIpc) is 2.75. The van der Waals surface area contributed by atoms with Crippen molar-refractivity contribution in [1.29, 1.82) is 0 Å². The number of hydrogen-bond acceptors (Lipinski definition) is 4. The summed E-state index contributed by atoms with van der Waals surface area (Å²) in [5, 5.41) is 3.70. The Morgan fingerprint density at radius 2 is 1.94 bits per heavy atom. The quantitative estimate of drug-likeness (QED) is 0.492. The van der Waals surface area contributed by atoms with E-state index in [1.807, 2.05) is 31.2 Å². The van der Waals surface area contributed by atoms with Crippen molar-refractivity contribution in [3.05, 3.63) is 94.1 Å². The van der Waals surface area contributed by atoms with Crippen LogP contribution in [0.1, 0.15) is 36.5 Å². The summed E-state index contributed by atoms with van der Waals surface area (Å²) >= 11 is 0. The van der Waals surface area contributed by atoms with Crippen molar-refractivity contribution in [3.8, 4) is 11.1 Å². The van der Waals surface area contributed by atoms with E-state index in [9.17, 15) is 4.79 Å². The summed E-state index contributed by atoms with van der Waals surface area (Å²) in [7, 11) is 0. The molecule has 2 N–H and O–H groups in total. The van der Waals surface area contributed by atoms with Gasteiger partial charge in [-0.25, -0.2) is 9.98 Å². The SMILES string of the molecule is C=CC(C)c1cc(C)c(-c2cccc3c(=O)[nH]c(NC4=CC(C)C(=C)C=N4)nc23)c(C)c1. The Balaban J connectivity index is 1.85. The lowest BCUT2D eigenvalue weighted by atomic mass is 9.89. The Hall–Kier alpha value is -3.73. The van der Waals surface area contributed by atoms with Gasteiger partial charge in [-0.15, -0.1) is 6.58 Å². The normalized spacial score (nSPS) is 16.7. The molecule has 0 bridgehead atoms. The van der Waals surface area contributed by atoms with Crippen LogP contribution in [0.2, 0.25) is 0 Å². The highest BCUT2D eigenvalue weighted by molar-refractivity contribution is 5.95. The van der Waals surface area contributed by atoms with Gasteiger partial charge in [0.25, 0.3) is 5.56 Å². The van der Waals surface area contributed by atoms with Gasteiger partial charge in [0.1, 0.15) is 5.82 Å². The lowest BCUT2D eigenvalue weighted by Crippen LogP contribution is -2.15. The van der Waals surface area contributed by atoms with E-state index in [-0.39, 0.29) is 17.4 Å². The Labute approximate surface area is 188 Å². The molecule has 0 amide bonds. The summed E-state index contributed by atoms with van der Waals surface area (Å²) in [6, 6.07) is 10.1. The van der Waals surface area contributed by atoms with Crippen LogP contribution >= 0.6 is 0 Å². The molecule has 5 nitrogen and oxygen atoms in total. The molecule has 0 spiro atoms. The molecule has 2 aromatic carbocycles. The first kappa shape index (κ1) is 21.5. The average molecular weight is 425 g/mol. The molecule has 0 saturated carbocycles. The predicted molar refractivity (Wildman–Crippen MR) is 134 cm³/mol. The minimum atomic E-state index is -0.190. The fourth-order valence-electron chi connectivity index (χ4n) is 4.10. The first-order chi connectivity index (χ1) is 15.3. The number of H-pyrrole nitrogens is 1. The third kappa shape index (κ3) is 3.94. The largest absolute Gasteiger partial charge is 0.311 e. The van der Waals surface area contributed by atoms with Crippen LogP contribution in [0.25, 0.3) is 22.0 Å². The molecule has 2 atom stereocenters. The maximum atomic E-state index is 12.9. The third-order valence-electron chi connectivity index (χ3n) is 6.05. The Bertz CT molecular complexity index is 1340. The van der Waals surface area contributed by atoms with Crippen molar-refractivity contribution >= 4 is 23.1 Å². The van der Waals surface area contributed by atoms with Gasteiger partial charge in [0.2, 0.25) is 5.95 Å². The van der Waals surface area contributed by atoms with Gasteiger partial charge in [-0.05, 0) is 59.7 Å². The van der Waals surface area contributed by atoms with Crippen molar-refractivity contribution in [3.63, 3.8) is 0 Å². The molecule has 0 saturated heterocycles. The summed E-state index contributed by atoms with van der Waals surface area (Å²) in [5.74, 6) is 1.44. The monoisotopic (exact) mass is 424 g/mol. The predicted octanol–water partition coefficient (Wildman–Crippen LogP) is 6.03. The topological polar surface area (TPSA) is 70.1 Å². The molecule has 1 aromatic heterocycles. The second kappa shape index (κ2) is 8.42. The number of nitrogens with zero attached hydrogens (tertiary/aromatic N) is 2. The summed E-state index contributed by atoms with van der Waals surface area (Å²) in [6.45, 7) is 16.3. The summed E-state index contributed by atoms with van der Waals surface area (Å²) in [6.07, 6.45) is 5.64. The molecule has 0 radical (unpaired) electrons. The fraction of sp³-hybridized carbons (Fsp3) is 0.222. The van der Waals surface area contributed by atoms with E-state index >= 15 is 0 Å². The van der Waals surface area contributed by atoms with Gasteiger partial charge >= 0.3 is 0 Å². The van der Waals surface area contributed by atoms with Crippen LogP contribution in [-0.2, 0) is 0 Å². The first-order valence-electron chi connectivity index (χ1n) is 10.8. The highest BCUT2D eigenvalue weighted by Gasteiger charge is 2.16. The lowest BCUT2D eigenvalue weighted by Gasteiger charge is -2.17. The molecular formula is C27H28N4O. The number of benzene rings is 2. The first-order valence-corrected chi connectivity index (χ1v) is 10.8. The number of anilines is 1. The lowest BCUT2D eigenvalue weighted by molar-refractivity contribution is 0.883. The minimum absolute atomic E-state index is 0.166. The fourth-order valence-corrected chi connectivity index (χ4v) is 4.10. The number of hydrogen-bond donors (Lipinski definition) is 2. The van der Waals surface area contributed by atoms with Crippen molar-refractivity contribution in [2.24, 2.45) is 10.9 Å². The third-order valence-corrected chi connectivity index (χ3v) is 6.05. The molecule has 0 aliphatic carbocycles. The highest BCUT2D eigenvalue weighted by Crippen LogP contribution is 2.34. The number of aromatic amines is 1. The van der Waals surface area contributed by atoms with Crippen LogP contribution in [0.4, 0.5) is 5.95 Å². The van der Waals surface area contributed by atoms with Gasteiger partial charge in [0.15, 0.2) is 0 Å². The Morgan fingerprint density at radius 1 is 1.22 bits per heavy atom. The summed E-state index contributed by atoms with van der Waals surface area (Å²) in [4.78, 5) is 24.9. The van der Waals surface area contributed by atoms with Crippen molar-refractivity contribution in [2.75, 3.05) is 5.32 Å². The molecule has 1 aliphatic heterocycles. The molecule has 3 aromatic rings. The molecular weight excluding hydrogens is 396 g/mol. The second-order valence-electron chi connectivity index (χ2n) is 8.47. The highest BCUT2D eigenvalue weighted by atomic mass is 16.1.